The fourth-order valence-corrected chi connectivity index (χ4v) is 1.84. The molecule has 0 fully saturated rings. The molecule has 0 bridgehead atoms. The Balaban J connectivity index is 2.48. The zero-order valence-corrected chi connectivity index (χ0v) is 10.2. The van der Waals surface area contributed by atoms with Crippen LogP contribution in [0.4, 0.5) is 13.2 Å². The minimum Gasteiger partial charge on any atom is -0.256 e. The molecule has 0 unspecified atom stereocenters. The lowest BCUT2D eigenvalue weighted by molar-refractivity contribution is -0.137. The first-order valence-electron chi connectivity index (χ1n) is 5.18. The number of rotatable bonds is 1. The second-order valence-corrected chi connectivity index (χ2v) is 4.32. The molecular formula is C13H9ClF3N. The molecule has 18 heavy (non-hydrogen) atoms. The van der Waals surface area contributed by atoms with Gasteiger partial charge in [0.1, 0.15) is 0 Å². The topological polar surface area (TPSA) is 12.9 Å². The van der Waals surface area contributed by atoms with Crippen molar-refractivity contribution in [1.82, 2.24) is 4.98 Å². The summed E-state index contributed by atoms with van der Waals surface area (Å²) in [5, 5.41) is 0.499. The molecule has 1 aromatic heterocycles. The van der Waals surface area contributed by atoms with Gasteiger partial charge in [0.25, 0.3) is 0 Å². The molecule has 94 valence electrons. The van der Waals surface area contributed by atoms with Crippen LogP contribution in [0.1, 0.15) is 11.1 Å². The quantitative estimate of drug-likeness (QED) is 0.731. The van der Waals surface area contributed by atoms with E-state index in [9.17, 15) is 13.2 Å². The lowest BCUT2D eigenvalue weighted by Gasteiger charge is -2.10. The maximum Gasteiger partial charge on any atom is 0.416 e. The zero-order valence-electron chi connectivity index (χ0n) is 9.42. The third-order valence-electron chi connectivity index (χ3n) is 2.55. The Labute approximate surface area is 107 Å². The Kier molecular flexibility index (Phi) is 3.30. The molecule has 0 amide bonds. The normalized spacial score (nSPS) is 11.6. The predicted molar refractivity (Wildman–Crippen MR) is 64.4 cm³/mol. The van der Waals surface area contributed by atoms with Crippen molar-refractivity contribution in [3.63, 3.8) is 0 Å². The number of hydrogen-bond acceptors (Lipinski definition) is 1. The number of aromatic nitrogens is 1. The van der Waals surface area contributed by atoms with Gasteiger partial charge in [-0.05, 0) is 36.8 Å². The van der Waals surface area contributed by atoms with Crippen molar-refractivity contribution >= 4 is 11.6 Å². The molecule has 2 aromatic rings. The van der Waals surface area contributed by atoms with E-state index < -0.39 is 11.7 Å². The molecular weight excluding hydrogens is 263 g/mol. The Morgan fingerprint density at radius 2 is 1.83 bits per heavy atom. The highest BCUT2D eigenvalue weighted by Gasteiger charge is 2.30. The average Bonchev–Trinajstić information content (AvgIpc) is 2.27. The van der Waals surface area contributed by atoms with E-state index in [1.165, 1.54) is 12.3 Å². The largest absolute Gasteiger partial charge is 0.416 e. The number of hydrogen-bond donors (Lipinski definition) is 0. The summed E-state index contributed by atoms with van der Waals surface area (Å²) < 4.78 is 37.6. The van der Waals surface area contributed by atoms with Crippen LogP contribution in [-0.4, -0.2) is 4.98 Å². The van der Waals surface area contributed by atoms with Crippen LogP contribution >= 0.6 is 11.6 Å². The van der Waals surface area contributed by atoms with Crippen LogP contribution in [0.5, 0.6) is 0 Å². The van der Waals surface area contributed by atoms with Crippen molar-refractivity contribution in [3.8, 4) is 11.3 Å². The molecule has 1 heterocycles. The number of pyridine rings is 1. The maximum absolute atomic E-state index is 12.5. The fraction of sp³-hybridized carbons (Fsp3) is 0.154. The molecule has 5 heteroatoms. The highest BCUT2D eigenvalue weighted by molar-refractivity contribution is 6.30. The molecule has 0 aliphatic heterocycles. The molecule has 0 N–H and O–H groups in total. The molecule has 0 aliphatic carbocycles. The summed E-state index contributed by atoms with van der Waals surface area (Å²) in [6, 6.07) is 6.81. The van der Waals surface area contributed by atoms with Gasteiger partial charge in [-0.2, -0.15) is 13.2 Å². The van der Waals surface area contributed by atoms with Crippen LogP contribution in [0.2, 0.25) is 5.02 Å². The first kappa shape index (κ1) is 12.9. The Bertz CT molecular complexity index is 579. The van der Waals surface area contributed by atoms with Gasteiger partial charge in [0, 0.05) is 16.8 Å². The first-order chi connectivity index (χ1) is 8.38. The molecule has 0 radical (unpaired) electrons. The Morgan fingerprint density at radius 1 is 1.11 bits per heavy atom. The third kappa shape index (κ3) is 2.64. The zero-order chi connectivity index (χ0) is 13.3. The summed E-state index contributed by atoms with van der Waals surface area (Å²) in [7, 11) is 0. The van der Waals surface area contributed by atoms with E-state index in [0.717, 1.165) is 12.1 Å². The van der Waals surface area contributed by atoms with E-state index in [-0.39, 0.29) is 0 Å². The van der Waals surface area contributed by atoms with E-state index in [0.29, 0.717) is 21.8 Å². The van der Waals surface area contributed by atoms with Gasteiger partial charge in [-0.25, -0.2) is 0 Å². The molecule has 0 spiro atoms. The van der Waals surface area contributed by atoms with Crippen molar-refractivity contribution in [2.45, 2.75) is 13.1 Å². The van der Waals surface area contributed by atoms with Gasteiger partial charge in [0.05, 0.1) is 11.3 Å². The van der Waals surface area contributed by atoms with Gasteiger partial charge in [-0.1, -0.05) is 17.7 Å². The van der Waals surface area contributed by atoms with E-state index in [4.69, 9.17) is 11.6 Å². The summed E-state index contributed by atoms with van der Waals surface area (Å²) in [5.74, 6) is 0. The van der Waals surface area contributed by atoms with Crippen LogP contribution in [0.3, 0.4) is 0 Å². The summed E-state index contributed by atoms with van der Waals surface area (Å²) in [6.45, 7) is 1.62. The second kappa shape index (κ2) is 4.61. The van der Waals surface area contributed by atoms with E-state index in [1.54, 1.807) is 19.1 Å². The first-order valence-corrected chi connectivity index (χ1v) is 5.55. The Hall–Kier alpha value is -1.55. The van der Waals surface area contributed by atoms with Crippen LogP contribution < -0.4 is 0 Å². The van der Waals surface area contributed by atoms with Gasteiger partial charge in [-0.15, -0.1) is 0 Å². The van der Waals surface area contributed by atoms with E-state index >= 15 is 0 Å². The minimum absolute atomic E-state index is 0.499. The summed E-state index contributed by atoms with van der Waals surface area (Å²) in [6.07, 6.45) is -2.81. The SMILES string of the molecule is Cc1cc(C(F)(F)F)ccc1-c1cc(Cl)ccn1. The van der Waals surface area contributed by atoms with Crippen LogP contribution in [0, 0.1) is 6.92 Å². The van der Waals surface area contributed by atoms with Gasteiger partial charge < -0.3 is 0 Å². The van der Waals surface area contributed by atoms with Gasteiger partial charge in [0.15, 0.2) is 0 Å². The molecule has 2 rings (SSSR count). The molecule has 0 atom stereocenters. The van der Waals surface area contributed by atoms with E-state index in [2.05, 4.69) is 4.98 Å². The highest BCUT2D eigenvalue weighted by Crippen LogP contribution is 2.32. The lowest BCUT2D eigenvalue weighted by Crippen LogP contribution is -2.05. The summed E-state index contributed by atoms with van der Waals surface area (Å²) >= 11 is 5.83. The van der Waals surface area contributed by atoms with Gasteiger partial charge in [-0.3, -0.25) is 4.98 Å². The van der Waals surface area contributed by atoms with Crippen molar-refractivity contribution in [3.05, 3.63) is 52.7 Å². The van der Waals surface area contributed by atoms with Gasteiger partial charge in [0.2, 0.25) is 0 Å². The summed E-state index contributed by atoms with van der Waals surface area (Å²) in [5.41, 5.74) is 1.06. The van der Waals surface area contributed by atoms with Gasteiger partial charge >= 0.3 is 6.18 Å². The molecule has 1 nitrogen and oxygen atoms in total. The fourth-order valence-electron chi connectivity index (χ4n) is 1.68. The molecule has 0 aliphatic rings. The lowest BCUT2D eigenvalue weighted by atomic mass is 10.0. The second-order valence-electron chi connectivity index (χ2n) is 3.89. The third-order valence-corrected chi connectivity index (χ3v) is 2.79. The maximum atomic E-state index is 12.5. The monoisotopic (exact) mass is 271 g/mol. The Morgan fingerprint density at radius 3 is 2.39 bits per heavy atom. The van der Waals surface area contributed by atoms with Crippen molar-refractivity contribution < 1.29 is 13.2 Å². The number of halogens is 4. The molecule has 0 saturated carbocycles. The smallest absolute Gasteiger partial charge is 0.256 e. The van der Waals surface area contributed by atoms with Crippen molar-refractivity contribution in [2.24, 2.45) is 0 Å². The molecule has 1 aromatic carbocycles. The van der Waals surface area contributed by atoms with Crippen LogP contribution in [0.15, 0.2) is 36.5 Å². The van der Waals surface area contributed by atoms with Crippen LogP contribution in [-0.2, 0) is 6.18 Å². The molecule has 0 saturated heterocycles. The highest BCUT2D eigenvalue weighted by atomic mass is 35.5. The standard InChI is InChI=1S/C13H9ClF3N/c1-8-6-9(13(15,16)17)2-3-11(8)12-7-10(14)4-5-18-12/h2-7H,1H3. The summed E-state index contributed by atoms with van der Waals surface area (Å²) in [4.78, 5) is 4.10. The van der Waals surface area contributed by atoms with Crippen molar-refractivity contribution in [2.75, 3.05) is 0 Å². The number of nitrogens with zero attached hydrogens (tertiary/aromatic N) is 1. The van der Waals surface area contributed by atoms with Crippen molar-refractivity contribution in [1.29, 1.82) is 0 Å². The number of alkyl halides is 3. The number of aryl methyl sites for hydroxylation is 1. The van der Waals surface area contributed by atoms with Crippen LogP contribution in [0.25, 0.3) is 11.3 Å². The average molecular weight is 272 g/mol. The minimum atomic E-state index is -4.33. The van der Waals surface area contributed by atoms with E-state index in [1.807, 2.05) is 0 Å². The predicted octanol–water partition coefficient (Wildman–Crippen LogP) is 4.73. The number of benzene rings is 1.